The first-order valence-corrected chi connectivity index (χ1v) is 10.4. The van der Waals surface area contributed by atoms with Crippen molar-refractivity contribution in [2.45, 2.75) is 43.5 Å². The second-order valence-electron chi connectivity index (χ2n) is 7.28. The molecule has 1 fully saturated rings. The van der Waals surface area contributed by atoms with E-state index < -0.39 is 24.4 Å². The molecule has 1 aliphatic heterocycles. The molecule has 2 rings (SSSR count). The van der Waals surface area contributed by atoms with E-state index in [1.54, 1.807) is 28.4 Å². The molecule has 0 bridgehead atoms. The van der Waals surface area contributed by atoms with Crippen LogP contribution in [0.1, 0.15) is 11.1 Å². The van der Waals surface area contributed by atoms with Crippen LogP contribution in [-0.2, 0) is 55.7 Å². The van der Waals surface area contributed by atoms with Gasteiger partial charge in [0.25, 0.3) is 0 Å². The standard InChI is InChI=1S/C22H36O10/c1-24-12-28-11-19-21(30-14-26-3)22(31-15-27-4)20(29-13-25-2)18(32-19)9-16-5-7-17(10-23)8-6-16/h5-8,18-23H,9-15H2,1-4H3/t18-,19?,20?,21+,22+/m0/s1. The second kappa shape index (κ2) is 15.6. The molecule has 1 aromatic rings. The topological polar surface area (TPSA) is 103 Å². The zero-order chi connectivity index (χ0) is 23.2. The number of aliphatic hydroxyl groups excluding tert-OH is 1. The molecule has 0 saturated carbocycles. The van der Waals surface area contributed by atoms with E-state index in [2.05, 4.69) is 0 Å². The van der Waals surface area contributed by atoms with Gasteiger partial charge in [0.1, 0.15) is 51.6 Å². The molecule has 0 aromatic heterocycles. The minimum atomic E-state index is -0.545. The molecule has 1 heterocycles. The molecule has 1 aromatic carbocycles. The molecule has 10 nitrogen and oxygen atoms in total. The Morgan fingerprint density at radius 2 is 1.19 bits per heavy atom. The van der Waals surface area contributed by atoms with Crippen LogP contribution in [0.5, 0.6) is 0 Å². The van der Waals surface area contributed by atoms with E-state index in [4.69, 9.17) is 42.6 Å². The third-order valence-corrected chi connectivity index (χ3v) is 4.99. The first-order valence-electron chi connectivity index (χ1n) is 10.4. The molecule has 184 valence electrons. The third-order valence-electron chi connectivity index (χ3n) is 4.99. The van der Waals surface area contributed by atoms with Gasteiger partial charge in [-0.3, -0.25) is 0 Å². The van der Waals surface area contributed by atoms with Crippen molar-refractivity contribution in [3.05, 3.63) is 35.4 Å². The van der Waals surface area contributed by atoms with Crippen LogP contribution in [0.2, 0.25) is 0 Å². The van der Waals surface area contributed by atoms with Crippen LogP contribution >= 0.6 is 0 Å². The van der Waals surface area contributed by atoms with Gasteiger partial charge in [0, 0.05) is 34.9 Å². The molecule has 1 aliphatic rings. The number of aliphatic hydroxyl groups is 1. The lowest BCUT2D eigenvalue weighted by molar-refractivity contribution is -0.297. The number of benzene rings is 1. The quantitative estimate of drug-likeness (QED) is 0.285. The largest absolute Gasteiger partial charge is 0.392 e. The molecule has 1 N–H and O–H groups in total. The summed E-state index contributed by atoms with van der Waals surface area (Å²) in [5.74, 6) is 0. The number of methoxy groups -OCH3 is 4. The van der Waals surface area contributed by atoms with Gasteiger partial charge in [-0.1, -0.05) is 24.3 Å². The summed E-state index contributed by atoms with van der Waals surface area (Å²) in [5.41, 5.74) is 1.86. The molecular formula is C22H36O10. The van der Waals surface area contributed by atoms with Gasteiger partial charge >= 0.3 is 0 Å². The highest BCUT2D eigenvalue weighted by atomic mass is 16.7. The number of ether oxygens (including phenoxy) is 9. The van der Waals surface area contributed by atoms with E-state index in [0.29, 0.717) is 6.42 Å². The fourth-order valence-electron chi connectivity index (χ4n) is 3.58. The number of rotatable bonds is 16. The maximum atomic E-state index is 9.31. The SMILES string of the molecule is COCOCC1O[C@@H](Cc2ccc(CO)cc2)C(OCOC)[C@@H](OCOC)[C@@H]1OCOC. The smallest absolute Gasteiger partial charge is 0.146 e. The van der Waals surface area contributed by atoms with Crippen molar-refractivity contribution in [3.8, 4) is 0 Å². The highest BCUT2D eigenvalue weighted by Gasteiger charge is 2.48. The zero-order valence-corrected chi connectivity index (χ0v) is 19.3. The Morgan fingerprint density at radius 1 is 0.688 bits per heavy atom. The van der Waals surface area contributed by atoms with Gasteiger partial charge in [-0.2, -0.15) is 0 Å². The van der Waals surface area contributed by atoms with Gasteiger partial charge in [-0.25, -0.2) is 0 Å². The zero-order valence-electron chi connectivity index (χ0n) is 19.3. The van der Waals surface area contributed by atoms with Crippen molar-refractivity contribution in [2.75, 3.05) is 62.2 Å². The van der Waals surface area contributed by atoms with Gasteiger partial charge in [-0.15, -0.1) is 0 Å². The van der Waals surface area contributed by atoms with Crippen molar-refractivity contribution in [1.29, 1.82) is 0 Å². The van der Waals surface area contributed by atoms with E-state index in [0.717, 1.165) is 11.1 Å². The first-order chi connectivity index (χ1) is 15.7. The Hall–Kier alpha value is -1.18. The molecule has 10 heteroatoms. The Balaban J connectivity index is 2.29. The lowest BCUT2D eigenvalue weighted by Gasteiger charge is -2.46. The maximum Gasteiger partial charge on any atom is 0.146 e. The first kappa shape index (κ1) is 27.1. The van der Waals surface area contributed by atoms with E-state index >= 15 is 0 Å². The highest BCUT2D eigenvalue weighted by Crippen LogP contribution is 2.30. The summed E-state index contributed by atoms with van der Waals surface area (Å²) < 4.78 is 50.4. The van der Waals surface area contributed by atoms with E-state index in [1.165, 1.54) is 0 Å². The Morgan fingerprint density at radius 3 is 1.72 bits per heavy atom. The fourth-order valence-corrected chi connectivity index (χ4v) is 3.58. The van der Waals surface area contributed by atoms with Crippen LogP contribution in [-0.4, -0.2) is 97.8 Å². The average molecular weight is 461 g/mol. The summed E-state index contributed by atoms with van der Waals surface area (Å²) in [5, 5.41) is 9.31. The number of hydrogen-bond acceptors (Lipinski definition) is 10. The van der Waals surface area contributed by atoms with E-state index in [1.807, 2.05) is 24.3 Å². The summed E-state index contributed by atoms with van der Waals surface area (Å²) >= 11 is 0. The molecule has 2 unspecified atom stereocenters. The molecule has 0 aliphatic carbocycles. The fraction of sp³-hybridized carbons (Fsp3) is 0.727. The van der Waals surface area contributed by atoms with Crippen molar-refractivity contribution in [3.63, 3.8) is 0 Å². The predicted octanol–water partition coefficient (Wildman–Crippen LogP) is 1.08. The van der Waals surface area contributed by atoms with Gasteiger partial charge in [0.15, 0.2) is 0 Å². The average Bonchev–Trinajstić information content (AvgIpc) is 2.82. The van der Waals surface area contributed by atoms with Crippen molar-refractivity contribution in [1.82, 2.24) is 0 Å². The summed E-state index contributed by atoms with van der Waals surface area (Å²) in [4.78, 5) is 0. The summed E-state index contributed by atoms with van der Waals surface area (Å²) in [7, 11) is 6.20. The molecule has 1 saturated heterocycles. The molecule has 0 spiro atoms. The van der Waals surface area contributed by atoms with Gasteiger partial charge in [-0.05, 0) is 11.1 Å². The lowest BCUT2D eigenvalue weighted by Crippen LogP contribution is -2.62. The third kappa shape index (κ3) is 8.31. The van der Waals surface area contributed by atoms with Crippen molar-refractivity contribution >= 4 is 0 Å². The van der Waals surface area contributed by atoms with Gasteiger partial charge in [0.2, 0.25) is 0 Å². The molecule has 32 heavy (non-hydrogen) atoms. The lowest BCUT2D eigenvalue weighted by atomic mass is 9.91. The Labute approximate surface area is 189 Å². The summed E-state index contributed by atoms with van der Waals surface area (Å²) in [6.07, 6.45) is -1.89. The number of hydrogen-bond donors (Lipinski definition) is 1. The van der Waals surface area contributed by atoms with Crippen LogP contribution in [0.4, 0.5) is 0 Å². The van der Waals surface area contributed by atoms with Crippen LogP contribution in [0.25, 0.3) is 0 Å². The molecular weight excluding hydrogens is 424 g/mol. The van der Waals surface area contributed by atoms with Crippen LogP contribution in [0.3, 0.4) is 0 Å². The Kier molecular flexibility index (Phi) is 13.2. The molecule has 0 amide bonds. The van der Waals surface area contributed by atoms with Crippen LogP contribution in [0, 0.1) is 0 Å². The minimum Gasteiger partial charge on any atom is -0.392 e. The Bertz CT molecular complexity index is 599. The highest BCUT2D eigenvalue weighted by molar-refractivity contribution is 5.23. The van der Waals surface area contributed by atoms with Crippen LogP contribution in [0.15, 0.2) is 24.3 Å². The van der Waals surface area contributed by atoms with Crippen molar-refractivity contribution in [2.24, 2.45) is 0 Å². The van der Waals surface area contributed by atoms with Gasteiger partial charge < -0.3 is 47.7 Å². The predicted molar refractivity (Wildman–Crippen MR) is 113 cm³/mol. The minimum absolute atomic E-state index is 0.00978. The summed E-state index contributed by atoms with van der Waals surface area (Å²) in [6.45, 7) is 0.496. The normalized spacial score (nSPS) is 25.8. The summed E-state index contributed by atoms with van der Waals surface area (Å²) in [6, 6.07) is 7.67. The van der Waals surface area contributed by atoms with Crippen molar-refractivity contribution < 1.29 is 47.7 Å². The molecule has 0 radical (unpaired) electrons. The monoisotopic (exact) mass is 460 g/mol. The van der Waals surface area contributed by atoms with Crippen LogP contribution < -0.4 is 0 Å². The van der Waals surface area contributed by atoms with Gasteiger partial charge in [0.05, 0.1) is 19.3 Å². The second-order valence-corrected chi connectivity index (χ2v) is 7.28. The van der Waals surface area contributed by atoms with E-state index in [9.17, 15) is 5.11 Å². The molecule has 5 atom stereocenters. The maximum absolute atomic E-state index is 9.31. The van der Waals surface area contributed by atoms with E-state index in [-0.39, 0.29) is 46.5 Å².